The second-order valence-corrected chi connectivity index (χ2v) is 4.74. The van der Waals surface area contributed by atoms with E-state index in [0.717, 1.165) is 16.8 Å². The Balaban J connectivity index is 2.21. The van der Waals surface area contributed by atoms with Gasteiger partial charge in [0.2, 0.25) is 0 Å². The first-order valence-corrected chi connectivity index (χ1v) is 6.41. The molecule has 0 aliphatic rings. The molecule has 0 bridgehead atoms. The Labute approximate surface area is 122 Å². The molecule has 4 N–H and O–H groups in total. The molecule has 1 aromatic carbocycles. The molecular formula is C14H15ClN4O. The number of halogens is 1. The third kappa shape index (κ3) is 3.19. The summed E-state index contributed by atoms with van der Waals surface area (Å²) in [5.74, 6) is -0.0160. The number of hydrogen-bond donors (Lipinski definition) is 3. The van der Waals surface area contributed by atoms with Crippen LogP contribution in [-0.2, 0) is 6.54 Å². The van der Waals surface area contributed by atoms with Gasteiger partial charge in [-0.15, -0.1) is 0 Å². The monoisotopic (exact) mass is 290 g/mol. The fraction of sp³-hybridized carbons (Fsp3) is 0.143. The van der Waals surface area contributed by atoms with Crippen molar-refractivity contribution in [2.24, 2.45) is 10.9 Å². The predicted molar refractivity (Wildman–Crippen MR) is 80.3 cm³/mol. The molecule has 0 spiro atoms. The summed E-state index contributed by atoms with van der Waals surface area (Å²) in [5.41, 5.74) is 8.82. The van der Waals surface area contributed by atoms with Crippen molar-refractivity contribution in [3.05, 3.63) is 58.4 Å². The lowest BCUT2D eigenvalue weighted by atomic mass is 10.1. The lowest BCUT2D eigenvalue weighted by Crippen LogP contribution is -2.18. The molecule has 0 radical (unpaired) electrons. The van der Waals surface area contributed by atoms with Crippen molar-refractivity contribution in [3.63, 3.8) is 0 Å². The average molecular weight is 291 g/mol. The summed E-state index contributed by atoms with van der Waals surface area (Å²) in [4.78, 5) is 4.11. The van der Waals surface area contributed by atoms with Crippen molar-refractivity contribution in [3.8, 4) is 0 Å². The first-order valence-electron chi connectivity index (χ1n) is 6.03. The fourth-order valence-electron chi connectivity index (χ4n) is 1.82. The number of aryl methyl sites for hydroxylation is 1. The maximum Gasteiger partial charge on any atom is 0.189 e. The van der Waals surface area contributed by atoms with E-state index in [4.69, 9.17) is 22.5 Å². The van der Waals surface area contributed by atoms with Crippen molar-refractivity contribution >= 4 is 23.1 Å². The smallest absolute Gasteiger partial charge is 0.189 e. The normalized spacial score (nSPS) is 11.4. The van der Waals surface area contributed by atoms with E-state index >= 15 is 0 Å². The molecular weight excluding hydrogens is 276 g/mol. The molecule has 0 aliphatic heterocycles. The number of aromatic nitrogens is 1. The van der Waals surface area contributed by atoms with Gasteiger partial charge in [0, 0.05) is 18.3 Å². The number of nitrogens with one attached hydrogen (secondary N) is 1. The van der Waals surface area contributed by atoms with Crippen LogP contribution in [0.3, 0.4) is 0 Å². The van der Waals surface area contributed by atoms with Crippen molar-refractivity contribution in [1.29, 1.82) is 0 Å². The molecule has 1 heterocycles. The Bertz CT molecular complexity index is 643. The summed E-state index contributed by atoms with van der Waals surface area (Å²) >= 11 is 6.13. The van der Waals surface area contributed by atoms with Crippen LogP contribution in [0.15, 0.2) is 41.7 Å². The van der Waals surface area contributed by atoms with Gasteiger partial charge in [0.1, 0.15) is 5.69 Å². The summed E-state index contributed by atoms with van der Waals surface area (Å²) in [6, 6.07) is 9.40. The van der Waals surface area contributed by atoms with E-state index in [0.29, 0.717) is 17.3 Å². The summed E-state index contributed by atoms with van der Waals surface area (Å²) in [6.07, 6.45) is 1.59. The van der Waals surface area contributed by atoms with Crippen LogP contribution < -0.4 is 11.1 Å². The topological polar surface area (TPSA) is 83.5 Å². The van der Waals surface area contributed by atoms with Crippen LogP contribution in [0.4, 0.5) is 5.69 Å². The highest BCUT2D eigenvalue weighted by molar-refractivity contribution is 6.33. The van der Waals surface area contributed by atoms with Crippen molar-refractivity contribution in [1.82, 2.24) is 4.98 Å². The molecule has 104 valence electrons. The molecule has 2 rings (SSSR count). The van der Waals surface area contributed by atoms with Crippen molar-refractivity contribution in [2.45, 2.75) is 13.5 Å². The highest BCUT2D eigenvalue weighted by atomic mass is 35.5. The van der Waals surface area contributed by atoms with Gasteiger partial charge in [-0.1, -0.05) is 28.9 Å². The predicted octanol–water partition coefficient (Wildman–Crippen LogP) is 2.75. The van der Waals surface area contributed by atoms with E-state index in [9.17, 15) is 0 Å². The molecule has 0 atom stereocenters. The minimum absolute atomic E-state index is 0.0160. The van der Waals surface area contributed by atoms with Gasteiger partial charge in [0.25, 0.3) is 0 Å². The van der Waals surface area contributed by atoms with Gasteiger partial charge in [-0.25, -0.2) is 0 Å². The van der Waals surface area contributed by atoms with Gasteiger partial charge in [-0.2, -0.15) is 0 Å². The van der Waals surface area contributed by atoms with Crippen molar-refractivity contribution < 1.29 is 5.21 Å². The number of rotatable bonds is 4. The van der Waals surface area contributed by atoms with Gasteiger partial charge in [0.05, 0.1) is 10.7 Å². The molecule has 0 fully saturated rings. The van der Waals surface area contributed by atoms with Crippen LogP contribution >= 0.6 is 11.6 Å². The number of amidine groups is 1. The number of oxime groups is 1. The maximum absolute atomic E-state index is 8.76. The molecule has 6 heteroatoms. The molecule has 0 amide bonds. The number of pyridine rings is 1. The number of benzene rings is 1. The van der Waals surface area contributed by atoms with Gasteiger partial charge in [-0.05, 0) is 30.7 Å². The summed E-state index contributed by atoms with van der Waals surface area (Å²) in [5, 5.41) is 15.6. The largest absolute Gasteiger partial charge is 0.409 e. The lowest BCUT2D eigenvalue weighted by molar-refractivity contribution is 0.318. The average Bonchev–Trinajstić information content (AvgIpc) is 2.47. The van der Waals surface area contributed by atoms with Crippen LogP contribution in [0.25, 0.3) is 0 Å². The fourth-order valence-corrected chi connectivity index (χ4v) is 2.01. The number of nitrogens with two attached hydrogens (primary N) is 1. The van der Waals surface area contributed by atoms with Gasteiger partial charge in [0.15, 0.2) is 5.84 Å². The lowest BCUT2D eigenvalue weighted by Gasteiger charge is -2.11. The zero-order chi connectivity index (χ0) is 14.5. The highest BCUT2D eigenvalue weighted by Crippen LogP contribution is 2.23. The van der Waals surface area contributed by atoms with Crippen LogP contribution in [-0.4, -0.2) is 16.0 Å². The molecule has 5 nitrogen and oxygen atoms in total. The molecule has 0 saturated heterocycles. The first kappa shape index (κ1) is 14.1. The van der Waals surface area contributed by atoms with Gasteiger partial charge < -0.3 is 16.3 Å². The molecule has 2 aromatic rings. The Hall–Kier alpha value is -2.27. The number of anilines is 1. The van der Waals surface area contributed by atoms with E-state index in [1.54, 1.807) is 12.3 Å². The zero-order valence-corrected chi connectivity index (χ0v) is 11.7. The van der Waals surface area contributed by atoms with E-state index in [1.165, 1.54) is 0 Å². The molecule has 0 aliphatic carbocycles. The minimum atomic E-state index is -0.0160. The van der Waals surface area contributed by atoms with Crippen LogP contribution in [0, 0.1) is 6.92 Å². The second kappa shape index (κ2) is 6.25. The first-order chi connectivity index (χ1) is 9.61. The third-order valence-electron chi connectivity index (χ3n) is 2.83. The molecule has 1 aromatic heterocycles. The Morgan fingerprint density at radius 2 is 2.25 bits per heavy atom. The van der Waals surface area contributed by atoms with Crippen LogP contribution in [0.2, 0.25) is 5.02 Å². The molecule has 20 heavy (non-hydrogen) atoms. The number of nitrogens with zero attached hydrogens (tertiary/aromatic N) is 2. The standard InChI is InChI=1S/C14H15ClN4O/c1-9-4-5-11(15)12(7-9)18-8-10-3-2-6-17-13(10)14(16)19-20/h2-7,18,20H,8H2,1H3,(H2,16,19). The Kier molecular flexibility index (Phi) is 4.42. The summed E-state index contributed by atoms with van der Waals surface area (Å²) in [7, 11) is 0. The second-order valence-electron chi connectivity index (χ2n) is 4.33. The molecule has 0 unspecified atom stereocenters. The van der Waals surface area contributed by atoms with Crippen LogP contribution in [0.5, 0.6) is 0 Å². The number of hydrogen-bond acceptors (Lipinski definition) is 4. The Morgan fingerprint density at radius 1 is 1.45 bits per heavy atom. The van der Waals surface area contributed by atoms with Crippen molar-refractivity contribution in [2.75, 3.05) is 5.32 Å². The quantitative estimate of drug-likeness (QED) is 0.350. The zero-order valence-electron chi connectivity index (χ0n) is 11.0. The summed E-state index contributed by atoms with van der Waals surface area (Å²) < 4.78 is 0. The molecule has 0 saturated carbocycles. The summed E-state index contributed by atoms with van der Waals surface area (Å²) in [6.45, 7) is 2.47. The van der Waals surface area contributed by atoms with E-state index in [1.807, 2.05) is 31.2 Å². The minimum Gasteiger partial charge on any atom is -0.409 e. The van der Waals surface area contributed by atoms with Gasteiger partial charge >= 0.3 is 0 Å². The SMILES string of the molecule is Cc1ccc(Cl)c(NCc2cccnc2/C(N)=N/O)c1. The van der Waals surface area contributed by atoms with E-state index < -0.39 is 0 Å². The maximum atomic E-state index is 8.76. The highest BCUT2D eigenvalue weighted by Gasteiger charge is 2.08. The van der Waals surface area contributed by atoms with E-state index in [-0.39, 0.29) is 5.84 Å². The van der Waals surface area contributed by atoms with Gasteiger partial charge in [-0.3, -0.25) is 4.98 Å². The Morgan fingerprint density at radius 3 is 3.00 bits per heavy atom. The van der Waals surface area contributed by atoms with E-state index in [2.05, 4.69) is 15.5 Å². The van der Waals surface area contributed by atoms with Crippen LogP contribution in [0.1, 0.15) is 16.8 Å². The third-order valence-corrected chi connectivity index (χ3v) is 3.16.